The van der Waals surface area contributed by atoms with Crippen LogP contribution in [0.1, 0.15) is 35.1 Å². The molecule has 0 unspecified atom stereocenters. The molecule has 0 radical (unpaired) electrons. The Morgan fingerprint density at radius 1 is 1.07 bits per heavy atom. The Kier molecular flexibility index (Phi) is 6.60. The van der Waals surface area contributed by atoms with Gasteiger partial charge in [-0.3, -0.25) is 9.69 Å². The second kappa shape index (κ2) is 9.72. The predicted molar refractivity (Wildman–Crippen MR) is 119 cm³/mol. The Morgan fingerprint density at radius 2 is 1.87 bits per heavy atom. The van der Waals surface area contributed by atoms with E-state index in [9.17, 15) is 4.79 Å². The summed E-state index contributed by atoms with van der Waals surface area (Å²) in [4.78, 5) is 19.2. The van der Waals surface area contributed by atoms with Crippen LogP contribution in [0.4, 0.5) is 0 Å². The van der Waals surface area contributed by atoms with Gasteiger partial charge >= 0.3 is 0 Å². The summed E-state index contributed by atoms with van der Waals surface area (Å²) in [5.74, 6) is 0.304. The molecule has 0 aliphatic carbocycles. The van der Waals surface area contributed by atoms with Crippen LogP contribution in [0, 0.1) is 12.8 Å². The monoisotopic (exact) mass is 402 g/mol. The Bertz CT molecular complexity index is 959. The molecule has 1 aliphatic rings. The van der Waals surface area contributed by atoms with Gasteiger partial charge in [-0.1, -0.05) is 48.5 Å². The molecule has 0 saturated carbocycles. The number of imidazole rings is 1. The number of aryl methyl sites for hydroxylation is 1. The summed E-state index contributed by atoms with van der Waals surface area (Å²) in [5.41, 5.74) is 5.07. The van der Waals surface area contributed by atoms with E-state index in [1.807, 2.05) is 17.1 Å². The van der Waals surface area contributed by atoms with Crippen LogP contribution in [-0.2, 0) is 24.4 Å². The molecular weight excluding hydrogens is 372 g/mol. The van der Waals surface area contributed by atoms with Crippen molar-refractivity contribution >= 4 is 5.91 Å². The van der Waals surface area contributed by atoms with Crippen molar-refractivity contribution in [2.45, 2.75) is 39.4 Å². The maximum atomic E-state index is 12.7. The molecule has 30 heavy (non-hydrogen) atoms. The van der Waals surface area contributed by atoms with Crippen molar-refractivity contribution in [1.82, 2.24) is 19.8 Å². The van der Waals surface area contributed by atoms with Crippen molar-refractivity contribution in [2.24, 2.45) is 5.92 Å². The number of amides is 1. The summed E-state index contributed by atoms with van der Waals surface area (Å²) < 4.78 is 2.04. The van der Waals surface area contributed by atoms with Gasteiger partial charge in [-0.05, 0) is 55.1 Å². The van der Waals surface area contributed by atoms with E-state index in [-0.39, 0.29) is 11.8 Å². The van der Waals surface area contributed by atoms with Gasteiger partial charge in [-0.2, -0.15) is 0 Å². The summed E-state index contributed by atoms with van der Waals surface area (Å²) in [5, 5.41) is 3.15. The number of rotatable bonds is 7. The predicted octanol–water partition coefficient (Wildman–Crippen LogP) is 3.77. The quantitative estimate of drug-likeness (QED) is 0.655. The summed E-state index contributed by atoms with van der Waals surface area (Å²) >= 11 is 0. The lowest BCUT2D eigenvalue weighted by atomic mass is 9.95. The first-order chi connectivity index (χ1) is 14.7. The third-order valence-electron chi connectivity index (χ3n) is 6.00. The molecule has 0 bridgehead atoms. The van der Waals surface area contributed by atoms with Crippen LogP contribution >= 0.6 is 0 Å². The van der Waals surface area contributed by atoms with Crippen molar-refractivity contribution in [1.29, 1.82) is 0 Å². The molecule has 2 heterocycles. The highest BCUT2D eigenvalue weighted by Crippen LogP contribution is 2.20. The van der Waals surface area contributed by atoms with Gasteiger partial charge in [0.1, 0.15) is 0 Å². The van der Waals surface area contributed by atoms with E-state index in [0.29, 0.717) is 6.54 Å². The van der Waals surface area contributed by atoms with Gasteiger partial charge in [0.15, 0.2) is 0 Å². The Hall–Kier alpha value is -2.92. The molecule has 0 atom stereocenters. The summed E-state index contributed by atoms with van der Waals surface area (Å²) in [6.07, 6.45) is 7.42. The van der Waals surface area contributed by atoms with Crippen LogP contribution in [0.3, 0.4) is 0 Å². The van der Waals surface area contributed by atoms with E-state index >= 15 is 0 Å². The van der Waals surface area contributed by atoms with Gasteiger partial charge in [0, 0.05) is 37.9 Å². The number of nitrogens with zero attached hydrogens (tertiary/aromatic N) is 3. The SMILES string of the molecule is Cc1ccccc1CN1CCC(C(=O)NCc2cccc(Cn3ccnc3)c2)CC1. The van der Waals surface area contributed by atoms with Gasteiger partial charge < -0.3 is 9.88 Å². The van der Waals surface area contributed by atoms with Crippen LogP contribution in [0.15, 0.2) is 67.3 Å². The zero-order valence-corrected chi connectivity index (χ0v) is 17.6. The Balaban J connectivity index is 1.24. The average Bonchev–Trinajstić information content (AvgIpc) is 3.27. The third-order valence-corrected chi connectivity index (χ3v) is 6.00. The average molecular weight is 403 g/mol. The highest BCUT2D eigenvalue weighted by Gasteiger charge is 2.24. The molecule has 5 nitrogen and oxygen atoms in total. The van der Waals surface area contributed by atoms with Gasteiger partial charge in [0.25, 0.3) is 0 Å². The molecule has 1 fully saturated rings. The van der Waals surface area contributed by atoms with Gasteiger partial charge in [0.2, 0.25) is 5.91 Å². The number of piperidine rings is 1. The molecule has 1 aromatic heterocycles. The molecule has 156 valence electrons. The number of nitrogens with one attached hydrogen (secondary N) is 1. The third kappa shape index (κ3) is 5.36. The number of carbonyl (C=O) groups excluding carboxylic acids is 1. The minimum Gasteiger partial charge on any atom is -0.352 e. The van der Waals surface area contributed by atoms with Crippen molar-refractivity contribution in [3.63, 3.8) is 0 Å². The summed E-state index contributed by atoms with van der Waals surface area (Å²) in [6.45, 7) is 6.48. The molecule has 1 N–H and O–H groups in total. The summed E-state index contributed by atoms with van der Waals surface area (Å²) in [6, 6.07) is 17.0. The molecule has 1 saturated heterocycles. The van der Waals surface area contributed by atoms with Crippen LogP contribution in [0.5, 0.6) is 0 Å². The number of carbonyl (C=O) groups is 1. The van der Waals surface area contributed by atoms with Gasteiger partial charge in [-0.25, -0.2) is 4.98 Å². The molecule has 2 aromatic carbocycles. The summed E-state index contributed by atoms with van der Waals surface area (Å²) in [7, 11) is 0. The van der Waals surface area contributed by atoms with Crippen LogP contribution in [-0.4, -0.2) is 33.4 Å². The fourth-order valence-corrected chi connectivity index (χ4v) is 4.14. The van der Waals surface area contributed by atoms with Crippen molar-refractivity contribution in [3.8, 4) is 0 Å². The highest BCUT2D eigenvalue weighted by atomic mass is 16.1. The minimum absolute atomic E-state index is 0.118. The van der Waals surface area contributed by atoms with Gasteiger partial charge in [0.05, 0.1) is 6.33 Å². The molecule has 5 heteroatoms. The normalized spacial score (nSPS) is 15.2. The smallest absolute Gasteiger partial charge is 0.223 e. The van der Waals surface area contributed by atoms with Crippen molar-refractivity contribution in [3.05, 3.63) is 89.5 Å². The zero-order valence-electron chi connectivity index (χ0n) is 17.6. The second-order valence-corrected chi connectivity index (χ2v) is 8.25. The molecular formula is C25H30N4O. The maximum absolute atomic E-state index is 12.7. The molecule has 4 rings (SSSR count). The van der Waals surface area contributed by atoms with E-state index in [0.717, 1.165) is 44.6 Å². The largest absolute Gasteiger partial charge is 0.352 e. The van der Waals surface area contributed by atoms with E-state index in [4.69, 9.17) is 0 Å². The number of hydrogen-bond donors (Lipinski definition) is 1. The number of aromatic nitrogens is 2. The lowest BCUT2D eigenvalue weighted by Gasteiger charge is -2.31. The maximum Gasteiger partial charge on any atom is 0.223 e. The first-order valence-electron chi connectivity index (χ1n) is 10.8. The fraction of sp³-hybridized carbons (Fsp3) is 0.360. The molecule has 1 aliphatic heterocycles. The van der Waals surface area contributed by atoms with E-state index in [1.54, 1.807) is 6.20 Å². The highest BCUT2D eigenvalue weighted by molar-refractivity contribution is 5.78. The molecule has 3 aromatic rings. The lowest BCUT2D eigenvalue weighted by molar-refractivity contribution is -0.126. The van der Waals surface area contributed by atoms with E-state index < -0.39 is 0 Å². The minimum atomic E-state index is 0.118. The van der Waals surface area contributed by atoms with Crippen molar-refractivity contribution < 1.29 is 4.79 Å². The topological polar surface area (TPSA) is 50.2 Å². The fourth-order valence-electron chi connectivity index (χ4n) is 4.14. The number of benzene rings is 2. The molecule has 0 spiro atoms. The van der Waals surface area contributed by atoms with Crippen LogP contribution in [0.2, 0.25) is 0 Å². The van der Waals surface area contributed by atoms with E-state index in [1.165, 1.54) is 16.7 Å². The Labute approximate surface area is 178 Å². The zero-order chi connectivity index (χ0) is 20.8. The van der Waals surface area contributed by atoms with E-state index in [2.05, 4.69) is 70.7 Å². The Morgan fingerprint density at radius 3 is 2.63 bits per heavy atom. The standard InChI is InChI=1S/C25H30N4O/c1-20-5-2-3-8-24(20)18-28-12-9-23(10-13-28)25(30)27-16-21-6-4-7-22(15-21)17-29-14-11-26-19-29/h2-8,11,14-15,19,23H,9-10,12-13,16-18H2,1H3,(H,27,30). The first-order valence-corrected chi connectivity index (χ1v) is 10.8. The first kappa shape index (κ1) is 20.4. The van der Waals surface area contributed by atoms with Crippen molar-refractivity contribution in [2.75, 3.05) is 13.1 Å². The number of hydrogen-bond acceptors (Lipinski definition) is 3. The van der Waals surface area contributed by atoms with Crippen LogP contribution < -0.4 is 5.32 Å². The molecule has 1 amide bonds. The van der Waals surface area contributed by atoms with Crippen LogP contribution in [0.25, 0.3) is 0 Å². The number of likely N-dealkylation sites (tertiary alicyclic amines) is 1. The second-order valence-electron chi connectivity index (χ2n) is 8.25. The van der Waals surface area contributed by atoms with Gasteiger partial charge in [-0.15, -0.1) is 0 Å². The lowest BCUT2D eigenvalue weighted by Crippen LogP contribution is -2.40.